The molecule has 0 unspecified atom stereocenters. The number of nitrogens with one attached hydrogen (secondary N) is 1. The van der Waals surface area contributed by atoms with E-state index in [1.54, 1.807) is 6.08 Å². The summed E-state index contributed by atoms with van der Waals surface area (Å²) in [5.41, 5.74) is 2.28. The number of anilines is 1. The van der Waals surface area contributed by atoms with Gasteiger partial charge in [-0.1, -0.05) is 30.4 Å². The second-order valence-electron chi connectivity index (χ2n) is 4.87. The standard InChI is InChI=1S/C16H22N2O/c1-13(2)17-16(19)8-6-5-7-14-9-11-15(12-10-14)18(3)4/h5-13H,1-4H3,(H,17,19)/b7-5+,8-6+. The van der Waals surface area contributed by atoms with Gasteiger partial charge >= 0.3 is 0 Å². The number of carbonyl (C=O) groups excluding carboxylic acids is 1. The third-order valence-electron chi connectivity index (χ3n) is 2.49. The van der Waals surface area contributed by atoms with Crippen molar-refractivity contribution in [2.75, 3.05) is 19.0 Å². The highest BCUT2D eigenvalue weighted by atomic mass is 16.1. The van der Waals surface area contributed by atoms with E-state index in [4.69, 9.17) is 0 Å². The third kappa shape index (κ3) is 5.91. The zero-order chi connectivity index (χ0) is 14.3. The van der Waals surface area contributed by atoms with Gasteiger partial charge in [-0.3, -0.25) is 4.79 Å². The predicted molar refractivity (Wildman–Crippen MR) is 82.2 cm³/mol. The van der Waals surface area contributed by atoms with Gasteiger partial charge in [-0.25, -0.2) is 0 Å². The number of benzene rings is 1. The van der Waals surface area contributed by atoms with Gasteiger partial charge in [0.05, 0.1) is 0 Å². The number of hydrogen-bond acceptors (Lipinski definition) is 2. The second-order valence-corrected chi connectivity index (χ2v) is 4.87. The Morgan fingerprint density at radius 2 is 1.79 bits per heavy atom. The molecule has 0 aromatic heterocycles. The third-order valence-corrected chi connectivity index (χ3v) is 2.49. The minimum Gasteiger partial charge on any atom is -0.378 e. The molecule has 1 rings (SSSR count). The highest BCUT2D eigenvalue weighted by molar-refractivity contribution is 5.88. The minimum absolute atomic E-state index is 0.0670. The summed E-state index contributed by atoms with van der Waals surface area (Å²) in [7, 11) is 4.03. The lowest BCUT2D eigenvalue weighted by molar-refractivity contribution is -0.116. The van der Waals surface area contributed by atoms with Crippen molar-refractivity contribution in [3.05, 3.63) is 48.1 Å². The number of hydrogen-bond donors (Lipinski definition) is 1. The van der Waals surface area contributed by atoms with E-state index in [1.807, 2.05) is 52.2 Å². The van der Waals surface area contributed by atoms with E-state index in [2.05, 4.69) is 22.3 Å². The molecule has 0 fully saturated rings. The molecule has 3 nitrogen and oxygen atoms in total. The highest BCUT2D eigenvalue weighted by Crippen LogP contribution is 2.13. The first-order valence-corrected chi connectivity index (χ1v) is 6.41. The molecule has 3 heteroatoms. The van der Waals surface area contributed by atoms with Crippen molar-refractivity contribution >= 4 is 17.7 Å². The summed E-state index contributed by atoms with van der Waals surface area (Å²) in [4.78, 5) is 13.4. The Balaban J connectivity index is 2.53. The summed E-state index contributed by atoms with van der Waals surface area (Å²) >= 11 is 0. The van der Waals surface area contributed by atoms with Crippen molar-refractivity contribution in [1.82, 2.24) is 5.32 Å². The van der Waals surface area contributed by atoms with Crippen LogP contribution in [0, 0.1) is 0 Å². The summed E-state index contributed by atoms with van der Waals surface area (Å²) in [6, 6.07) is 8.39. The van der Waals surface area contributed by atoms with Crippen molar-refractivity contribution in [3.8, 4) is 0 Å². The molecule has 1 N–H and O–H groups in total. The van der Waals surface area contributed by atoms with Crippen LogP contribution in [0.25, 0.3) is 6.08 Å². The molecule has 0 aliphatic carbocycles. The van der Waals surface area contributed by atoms with Crippen LogP contribution >= 0.6 is 0 Å². The number of carbonyl (C=O) groups is 1. The highest BCUT2D eigenvalue weighted by Gasteiger charge is 1.96. The summed E-state index contributed by atoms with van der Waals surface area (Å²) < 4.78 is 0. The number of rotatable bonds is 5. The van der Waals surface area contributed by atoms with Crippen molar-refractivity contribution in [1.29, 1.82) is 0 Å². The van der Waals surface area contributed by atoms with Gasteiger partial charge in [-0.2, -0.15) is 0 Å². The van der Waals surface area contributed by atoms with E-state index >= 15 is 0 Å². The van der Waals surface area contributed by atoms with E-state index < -0.39 is 0 Å². The minimum atomic E-state index is -0.0670. The zero-order valence-corrected chi connectivity index (χ0v) is 12.1. The Labute approximate surface area is 115 Å². The fourth-order valence-corrected chi connectivity index (χ4v) is 1.53. The molecule has 0 saturated heterocycles. The molecule has 0 atom stereocenters. The molecule has 19 heavy (non-hydrogen) atoms. The average molecular weight is 258 g/mol. The first-order valence-electron chi connectivity index (χ1n) is 6.41. The molecule has 0 saturated carbocycles. The van der Waals surface area contributed by atoms with E-state index in [0.29, 0.717) is 0 Å². The van der Waals surface area contributed by atoms with Gasteiger partial charge in [-0.15, -0.1) is 0 Å². The molecule has 1 amide bonds. The van der Waals surface area contributed by atoms with Gasteiger partial charge in [0.1, 0.15) is 0 Å². The van der Waals surface area contributed by atoms with Crippen LogP contribution in [0.1, 0.15) is 19.4 Å². The molecule has 1 aromatic carbocycles. The lowest BCUT2D eigenvalue weighted by Gasteiger charge is -2.11. The van der Waals surface area contributed by atoms with E-state index in [0.717, 1.165) is 5.56 Å². The van der Waals surface area contributed by atoms with Gasteiger partial charge in [0, 0.05) is 31.9 Å². The van der Waals surface area contributed by atoms with Crippen molar-refractivity contribution < 1.29 is 4.79 Å². The number of nitrogens with zero attached hydrogens (tertiary/aromatic N) is 1. The van der Waals surface area contributed by atoms with Crippen molar-refractivity contribution in [2.45, 2.75) is 19.9 Å². The molecule has 0 bridgehead atoms. The van der Waals surface area contributed by atoms with Crippen LogP contribution in [0.4, 0.5) is 5.69 Å². The lowest BCUT2D eigenvalue weighted by Crippen LogP contribution is -2.28. The Bertz CT molecular complexity index is 456. The molecular formula is C16H22N2O. The maximum atomic E-state index is 11.3. The van der Waals surface area contributed by atoms with Crippen LogP contribution in [-0.2, 0) is 4.79 Å². The number of amides is 1. The predicted octanol–water partition coefficient (Wildman–Crippen LogP) is 2.85. The van der Waals surface area contributed by atoms with Gasteiger partial charge < -0.3 is 10.2 Å². The molecule has 1 aromatic rings. The quantitative estimate of drug-likeness (QED) is 0.650. The lowest BCUT2D eigenvalue weighted by atomic mass is 10.2. The Morgan fingerprint density at radius 3 is 2.32 bits per heavy atom. The topological polar surface area (TPSA) is 32.3 Å². The largest absolute Gasteiger partial charge is 0.378 e. The van der Waals surface area contributed by atoms with Crippen LogP contribution in [0.5, 0.6) is 0 Å². The van der Waals surface area contributed by atoms with Gasteiger partial charge in [0.15, 0.2) is 0 Å². The van der Waals surface area contributed by atoms with Gasteiger partial charge in [0.25, 0.3) is 0 Å². The number of allylic oxidation sites excluding steroid dienone is 2. The molecule has 0 aliphatic rings. The zero-order valence-electron chi connectivity index (χ0n) is 12.1. The van der Waals surface area contributed by atoms with Crippen molar-refractivity contribution in [2.24, 2.45) is 0 Å². The van der Waals surface area contributed by atoms with Crippen LogP contribution in [-0.4, -0.2) is 26.0 Å². The fourth-order valence-electron chi connectivity index (χ4n) is 1.53. The molecule has 0 radical (unpaired) electrons. The Kier molecular flexibility index (Phi) is 5.86. The molecule has 0 aliphatic heterocycles. The second kappa shape index (κ2) is 7.41. The molecule has 102 valence electrons. The summed E-state index contributed by atoms with van der Waals surface area (Å²) in [6.07, 6.45) is 7.12. The smallest absolute Gasteiger partial charge is 0.244 e. The monoisotopic (exact) mass is 258 g/mol. The van der Waals surface area contributed by atoms with E-state index in [1.165, 1.54) is 11.8 Å². The van der Waals surface area contributed by atoms with Crippen LogP contribution in [0.3, 0.4) is 0 Å². The summed E-state index contributed by atoms with van der Waals surface area (Å²) in [5, 5.41) is 2.80. The van der Waals surface area contributed by atoms with Gasteiger partial charge in [-0.05, 0) is 31.5 Å². The Hall–Kier alpha value is -2.03. The average Bonchev–Trinajstić information content (AvgIpc) is 2.34. The first-order chi connectivity index (χ1) is 8.99. The van der Waals surface area contributed by atoms with Crippen LogP contribution < -0.4 is 10.2 Å². The SMILES string of the molecule is CC(C)NC(=O)/C=C/C=C/c1ccc(N(C)C)cc1. The molecular weight excluding hydrogens is 236 g/mol. The normalized spacial score (nSPS) is 11.4. The first kappa shape index (κ1) is 15.0. The fraction of sp³-hybridized carbons (Fsp3) is 0.312. The summed E-state index contributed by atoms with van der Waals surface area (Å²) in [5.74, 6) is -0.0670. The van der Waals surface area contributed by atoms with Gasteiger partial charge in [0.2, 0.25) is 5.91 Å². The summed E-state index contributed by atoms with van der Waals surface area (Å²) in [6.45, 7) is 3.88. The van der Waals surface area contributed by atoms with E-state index in [9.17, 15) is 4.79 Å². The Morgan fingerprint density at radius 1 is 1.16 bits per heavy atom. The van der Waals surface area contributed by atoms with Crippen LogP contribution in [0.2, 0.25) is 0 Å². The maximum absolute atomic E-state index is 11.3. The molecule has 0 spiro atoms. The molecule has 0 heterocycles. The van der Waals surface area contributed by atoms with E-state index in [-0.39, 0.29) is 11.9 Å². The van der Waals surface area contributed by atoms with Crippen molar-refractivity contribution in [3.63, 3.8) is 0 Å². The maximum Gasteiger partial charge on any atom is 0.244 e. The van der Waals surface area contributed by atoms with Crippen LogP contribution in [0.15, 0.2) is 42.5 Å².